The molecule has 1 rings (SSSR count). The van der Waals surface area contributed by atoms with Crippen molar-refractivity contribution in [2.75, 3.05) is 12.5 Å². The van der Waals surface area contributed by atoms with Crippen molar-refractivity contribution >= 4 is 23.5 Å². The normalized spacial score (nSPS) is 8.91. The van der Waals surface area contributed by atoms with Crippen LogP contribution < -0.4 is 18.9 Å². The molecule has 0 amide bonds. The van der Waals surface area contributed by atoms with Gasteiger partial charge < -0.3 is 6.07 Å². The molecular weight excluding hydrogens is 171 g/mol. The van der Waals surface area contributed by atoms with Crippen LogP contribution in [-0.2, 0) is 0 Å². The molecule has 0 aliphatic rings. The average Bonchev–Trinajstić information content (AvgIpc) is 2.05. The molecule has 0 aromatic carbocycles. The Morgan fingerprint density at radius 2 is 2.09 bits per heavy atom. The topological polar surface area (TPSA) is 25.8 Å². The number of rotatable bonds is 2. The fraction of sp³-hybridized carbons (Fsp3) is 0.333. The Morgan fingerprint density at radius 1 is 1.36 bits per heavy atom. The fourth-order valence-electron chi connectivity index (χ4n) is 0.494. The van der Waals surface area contributed by atoms with Crippen LogP contribution in [0.25, 0.3) is 0 Å². The van der Waals surface area contributed by atoms with Crippen molar-refractivity contribution in [3.8, 4) is 0 Å². The fourth-order valence-corrected chi connectivity index (χ4v) is 1.24. The first-order valence-electron chi connectivity index (χ1n) is 2.69. The Balaban J connectivity index is 0.000001000. The van der Waals surface area contributed by atoms with E-state index in [4.69, 9.17) is 0 Å². The summed E-state index contributed by atoms with van der Waals surface area (Å²) in [5, 5.41) is 1.71. The van der Waals surface area contributed by atoms with E-state index in [1.807, 2.05) is 12.5 Å². The summed E-state index contributed by atoms with van der Waals surface area (Å²) in [4.78, 5) is 8.16. The summed E-state index contributed by atoms with van der Waals surface area (Å²) in [5.74, 6) is 0. The van der Waals surface area contributed by atoms with Gasteiger partial charge in [0.1, 0.15) is 0 Å². The number of hydrogen-bond acceptors (Lipinski definition) is 4. The minimum absolute atomic E-state index is 0. The minimum Gasteiger partial charge on any atom is -0.419 e. The maximum Gasteiger partial charge on any atom is 1.00 e. The number of aromatic nitrogens is 2. The molecule has 54 valence electrons. The van der Waals surface area contributed by atoms with Gasteiger partial charge in [-0.1, -0.05) is 16.8 Å². The van der Waals surface area contributed by atoms with Gasteiger partial charge in [-0.2, -0.15) is 0 Å². The van der Waals surface area contributed by atoms with Crippen LogP contribution in [0.2, 0.25) is 0 Å². The summed E-state index contributed by atoms with van der Waals surface area (Å²) in [5.41, 5.74) is 0. The van der Waals surface area contributed by atoms with E-state index in [1.165, 1.54) is 0 Å². The summed E-state index contributed by atoms with van der Waals surface area (Å²) >= 11 is 3.12. The van der Waals surface area contributed by atoms with Gasteiger partial charge in [0.15, 0.2) is 5.16 Å². The van der Waals surface area contributed by atoms with E-state index in [-0.39, 0.29) is 18.9 Å². The average molecular weight is 178 g/mol. The summed E-state index contributed by atoms with van der Waals surface area (Å²) < 4.78 is 0. The summed E-state index contributed by atoms with van der Waals surface area (Å²) in [6.07, 6.45) is 5.59. The van der Waals surface area contributed by atoms with Crippen LogP contribution in [0.1, 0.15) is 0 Å². The molecule has 1 aromatic heterocycles. The Morgan fingerprint density at radius 3 is 2.64 bits per heavy atom. The molecular formula is C6H7LiN2S2. The van der Waals surface area contributed by atoms with Gasteiger partial charge in [0.25, 0.3) is 0 Å². The van der Waals surface area contributed by atoms with E-state index in [9.17, 15) is 0 Å². The Kier molecular flexibility index (Phi) is 6.16. The monoisotopic (exact) mass is 178 g/mol. The van der Waals surface area contributed by atoms with E-state index >= 15 is 0 Å². The molecule has 0 saturated carbocycles. The standard InChI is InChI=1S/C6H7N2S2.Li/c1-9-5-3-4-7-6(8-5)10-2;/h4H,1-2H3;/q-1;+1. The quantitative estimate of drug-likeness (QED) is 0.185. The molecule has 0 fully saturated rings. The van der Waals surface area contributed by atoms with Crippen LogP contribution in [0, 0.1) is 6.07 Å². The Hall–Kier alpha value is 0.377. The third kappa shape index (κ3) is 3.52. The van der Waals surface area contributed by atoms with Crippen molar-refractivity contribution in [1.82, 2.24) is 9.97 Å². The number of hydrogen-bond donors (Lipinski definition) is 0. The van der Waals surface area contributed by atoms with Crippen LogP contribution in [0.4, 0.5) is 0 Å². The zero-order valence-corrected chi connectivity index (χ0v) is 8.42. The molecule has 1 heterocycles. The summed E-state index contributed by atoms with van der Waals surface area (Å²) in [6, 6.07) is 2.92. The first-order chi connectivity index (χ1) is 4.86. The second kappa shape index (κ2) is 5.96. The summed E-state index contributed by atoms with van der Waals surface area (Å²) in [7, 11) is 0. The molecule has 0 radical (unpaired) electrons. The van der Waals surface area contributed by atoms with Gasteiger partial charge in [-0.15, -0.1) is 18.0 Å². The van der Waals surface area contributed by atoms with Crippen LogP contribution in [0.5, 0.6) is 0 Å². The van der Waals surface area contributed by atoms with Gasteiger partial charge in [0, 0.05) is 0 Å². The third-order valence-electron chi connectivity index (χ3n) is 0.936. The molecule has 2 nitrogen and oxygen atoms in total. The van der Waals surface area contributed by atoms with Gasteiger partial charge in [0.2, 0.25) is 0 Å². The minimum atomic E-state index is 0. The SMILES string of the molecule is CSc1[c-]cnc(SC)n1.[Li+]. The molecule has 0 atom stereocenters. The zero-order valence-electron chi connectivity index (χ0n) is 6.79. The number of thioether (sulfide) groups is 2. The molecule has 0 unspecified atom stereocenters. The first kappa shape index (κ1) is 11.4. The van der Waals surface area contributed by atoms with E-state index in [1.54, 1.807) is 29.7 Å². The van der Waals surface area contributed by atoms with Gasteiger partial charge >= 0.3 is 18.9 Å². The molecule has 0 spiro atoms. The van der Waals surface area contributed by atoms with Crippen molar-refractivity contribution in [2.45, 2.75) is 10.2 Å². The van der Waals surface area contributed by atoms with Crippen molar-refractivity contribution in [1.29, 1.82) is 0 Å². The van der Waals surface area contributed by atoms with Crippen LogP contribution in [-0.4, -0.2) is 22.5 Å². The summed E-state index contributed by atoms with van der Waals surface area (Å²) in [6.45, 7) is 0. The van der Waals surface area contributed by atoms with Gasteiger partial charge in [-0.3, -0.25) is 9.97 Å². The molecule has 0 aliphatic carbocycles. The van der Waals surface area contributed by atoms with Crippen molar-refractivity contribution in [2.24, 2.45) is 0 Å². The van der Waals surface area contributed by atoms with Crippen molar-refractivity contribution < 1.29 is 18.9 Å². The Labute approximate surface area is 87.1 Å². The van der Waals surface area contributed by atoms with Gasteiger partial charge in [0.05, 0.1) is 0 Å². The predicted octanol–water partition coefficient (Wildman–Crippen LogP) is -1.28. The van der Waals surface area contributed by atoms with E-state index in [2.05, 4.69) is 16.0 Å². The number of nitrogens with zero attached hydrogens (tertiary/aromatic N) is 2. The first-order valence-corrected chi connectivity index (χ1v) is 5.14. The molecule has 1 aromatic rings. The maximum absolute atomic E-state index is 4.17. The van der Waals surface area contributed by atoms with E-state index < -0.39 is 0 Å². The zero-order chi connectivity index (χ0) is 7.40. The van der Waals surface area contributed by atoms with Crippen molar-refractivity contribution in [3.05, 3.63) is 12.3 Å². The second-order valence-corrected chi connectivity index (χ2v) is 3.08. The Bertz CT molecular complexity index is 200. The van der Waals surface area contributed by atoms with E-state index in [0.717, 1.165) is 10.2 Å². The molecule has 5 heteroatoms. The molecule has 11 heavy (non-hydrogen) atoms. The largest absolute Gasteiger partial charge is 1.00 e. The maximum atomic E-state index is 4.17. The van der Waals surface area contributed by atoms with Crippen molar-refractivity contribution in [3.63, 3.8) is 0 Å². The molecule has 0 saturated heterocycles. The van der Waals surface area contributed by atoms with E-state index in [0.29, 0.717) is 0 Å². The molecule has 0 N–H and O–H groups in total. The van der Waals surface area contributed by atoms with Gasteiger partial charge in [-0.05, 0) is 12.5 Å². The van der Waals surface area contributed by atoms with Gasteiger partial charge in [-0.25, -0.2) is 0 Å². The smallest absolute Gasteiger partial charge is 0.419 e. The predicted molar refractivity (Wildman–Crippen MR) is 44.4 cm³/mol. The van der Waals surface area contributed by atoms with Crippen LogP contribution in [0.3, 0.4) is 0 Å². The third-order valence-corrected chi connectivity index (χ3v) is 2.09. The second-order valence-electron chi connectivity index (χ2n) is 1.51. The van der Waals surface area contributed by atoms with Crippen LogP contribution >= 0.6 is 23.5 Å². The molecule has 0 bridgehead atoms. The van der Waals surface area contributed by atoms with Crippen LogP contribution in [0.15, 0.2) is 16.4 Å². The molecule has 0 aliphatic heterocycles.